The Balaban J connectivity index is 1.86. The van der Waals surface area contributed by atoms with E-state index in [1.165, 1.54) is 0 Å². The largest absolute Gasteiger partial charge is 0.388 e. The summed E-state index contributed by atoms with van der Waals surface area (Å²) in [6, 6.07) is 6.64. The molecule has 1 fully saturated rings. The highest BCUT2D eigenvalue weighted by Crippen LogP contribution is 2.30. The van der Waals surface area contributed by atoms with Crippen LogP contribution < -0.4 is 5.01 Å². The Kier molecular flexibility index (Phi) is 4.62. The SMILES string of the molecule is CC[C@]1(O)C(=O)N(c2cccc(C(=O)N3CCC[C@@](C)(O)C3)c2)N=C1C. The Morgan fingerprint density at radius 1 is 1.35 bits per heavy atom. The summed E-state index contributed by atoms with van der Waals surface area (Å²) in [6.45, 7) is 5.95. The van der Waals surface area contributed by atoms with Crippen LogP contribution in [0.25, 0.3) is 0 Å². The first-order chi connectivity index (χ1) is 12.2. The minimum absolute atomic E-state index is 0.190. The highest BCUT2D eigenvalue weighted by atomic mass is 16.3. The van der Waals surface area contributed by atoms with E-state index in [1.807, 2.05) is 0 Å². The van der Waals surface area contributed by atoms with Crippen LogP contribution in [0, 0.1) is 0 Å². The molecule has 0 radical (unpaired) electrons. The number of aliphatic hydroxyl groups is 2. The molecule has 2 aliphatic heterocycles. The molecule has 2 aliphatic rings. The summed E-state index contributed by atoms with van der Waals surface area (Å²) < 4.78 is 0. The van der Waals surface area contributed by atoms with Crippen molar-refractivity contribution in [3.05, 3.63) is 29.8 Å². The van der Waals surface area contributed by atoms with Crippen LogP contribution in [0.1, 0.15) is 50.4 Å². The molecule has 0 saturated carbocycles. The lowest BCUT2D eigenvalue weighted by molar-refractivity contribution is -0.129. The van der Waals surface area contributed by atoms with E-state index in [0.29, 0.717) is 29.9 Å². The minimum atomic E-state index is -1.59. The van der Waals surface area contributed by atoms with E-state index in [-0.39, 0.29) is 18.9 Å². The normalized spacial score (nSPS) is 29.1. The second-order valence-electron chi connectivity index (χ2n) is 7.39. The highest BCUT2D eigenvalue weighted by molar-refractivity contribution is 6.21. The number of benzene rings is 1. The number of β-amino-alcohol motifs (C(OH)–C–C–N with tert-alkyl or cyclic N) is 1. The van der Waals surface area contributed by atoms with Crippen molar-refractivity contribution in [2.24, 2.45) is 5.10 Å². The fourth-order valence-corrected chi connectivity index (χ4v) is 3.54. The van der Waals surface area contributed by atoms with Crippen molar-refractivity contribution in [2.75, 3.05) is 18.1 Å². The number of anilines is 1. The van der Waals surface area contributed by atoms with Gasteiger partial charge < -0.3 is 15.1 Å². The molecule has 0 bridgehead atoms. The van der Waals surface area contributed by atoms with Gasteiger partial charge in [0.25, 0.3) is 11.8 Å². The van der Waals surface area contributed by atoms with Crippen molar-refractivity contribution in [3.8, 4) is 0 Å². The molecule has 2 amide bonds. The zero-order valence-corrected chi connectivity index (χ0v) is 15.4. The van der Waals surface area contributed by atoms with Crippen molar-refractivity contribution in [1.29, 1.82) is 0 Å². The van der Waals surface area contributed by atoms with Crippen LogP contribution in [0.5, 0.6) is 0 Å². The third-order valence-corrected chi connectivity index (χ3v) is 5.21. The molecule has 1 aromatic rings. The molecule has 7 heteroatoms. The first-order valence-electron chi connectivity index (χ1n) is 8.92. The lowest BCUT2D eigenvalue weighted by atomic mass is 9.94. The smallest absolute Gasteiger partial charge is 0.285 e. The van der Waals surface area contributed by atoms with E-state index in [0.717, 1.165) is 11.4 Å². The predicted octanol–water partition coefficient (Wildman–Crippen LogP) is 1.54. The van der Waals surface area contributed by atoms with Crippen LogP contribution in [0.15, 0.2) is 29.4 Å². The van der Waals surface area contributed by atoms with Crippen molar-refractivity contribution in [1.82, 2.24) is 4.90 Å². The lowest BCUT2D eigenvalue weighted by Gasteiger charge is -2.36. The van der Waals surface area contributed by atoms with Gasteiger partial charge in [-0.25, -0.2) is 0 Å². The number of rotatable bonds is 3. The average Bonchev–Trinajstić information content (AvgIpc) is 2.85. The second kappa shape index (κ2) is 6.48. The van der Waals surface area contributed by atoms with Gasteiger partial charge in [-0.15, -0.1) is 0 Å². The van der Waals surface area contributed by atoms with Crippen LogP contribution in [0.3, 0.4) is 0 Å². The van der Waals surface area contributed by atoms with Gasteiger partial charge in [-0.05, 0) is 51.3 Å². The van der Waals surface area contributed by atoms with Gasteiger partial charge in [0, 0.05) is 18.7 Å². The van der Waals surface area contributed by atoms with Gasteiger partial charge in [0.15, 0.2) is 5.60 Å². The van der Waals surface area contributed by atoms with Crippen LogP contribution in [0.2, 0.25) is 0 Å². The van der Waals surface area contributed by atoms with E-state index in [1.54, 1.807) is 49.9 Å². The molecule has 0 aliphatic carbocycles. The molecular formula is C19H25N3O4. The van der Waals surface area contributed by atoms with Gasteiger partial charge in [0.1, 0.15) is 0 Å². The molecule has 140 valence electrons. The fourth-order valence-electron chi connectivity index (χ4n) is 3.54. The topological polar surface area (TPSA) is 93.4 Å². The van der Waals surface area contributed by atoms with E-state index < -0.39 is 17.1 Å². The minimum Gasteiger partial charge on any atom is -0.388 e. The molecule has 1 aromatic carbocycles. The van der Waals surface area contributed by atoms with Crippen LogP contribution in [-0.2, 0) is 4.79 Å². The average molecular weight is 359 g/mol. The van der Waals surface area contributed by atoms with Gasteiger partial charge in [-0.3, -0.25) is 9.59 Å². The molecule has 2 atom stereocenters. The molecule has 1 saturated heterocycles. The van der Waals surface area contributed by atoms with Crippen molar-refractivity contribution < 1.29 is 19.8 Å². The Morgan fingerprint density at radius 3 is 2.69 bits per heavy atom. The molecular weight excluding hydrogens is 334 g/mol. The van der Waals surface area contributed by atoms with Gasteiger partial charge in [-0.2, -0.15) is 10.1 Å². The summed E-state index contributed by atoms with van der Waals surface area (Å²) in [7, 11) is 0. The van der Waals surface area contributed by atoms with Crippen LogP contribution in [-0.4, -0.2) is 56.9 Å². The molecule has 0 spiro atoms. The number of amides is 2. The van der Waals surface area contributed by atoms with E-state index >= 15 is 0 Å². The molecule has 2 N–H and O–H groups in total. The number of piperidine rings is 1. The summed E-state index contributed by atoms with van der Waals surface area (Å²) in [4.78, 5) is 27.0. The summed E-state index contributed by atoms with van der Waals surface area (Å²) in [5.41, 5.74) is -1.27. The summed E-state index contributed by atoms with van der Waals surface area (Å²) in [5, 5.41) is 26.0. The third-order valence-electron chi connectivity index (χ3n) is 5.21. The van der Waals surface area contributed by atoms with Gasteiger partial charge in [0.2, 0.25) is 0 Å². The van der Waals surface area contributed by atoms with E-state index in [2.05, 4.69) is 5.10 Å². The molecule has 2 heterocycles. The van der Waals surface area contributed by atoms with E-state index in [9.17, 15) is 19.8 Å². The van der Waals surface area contributed by atoms with E-state index in [4.69, 9.17) is 0 Å². The zero-order chi connectivity index (χ0) is 19.1. The van der Waals surface area contributed by atoms with Gasteiger partial charge in [-0.1, -0.05) is 13.0 Å². The Morgan fingerprint density at radius 2 is 2.08 bits per heavy atom. The Hall–Kier alpha value is -2.25. The summed E-state index contributed by atoms with van der Waals surface area (Å²) in [5.74, 6) is -0.701. The molecule has 0 unspecified atom stereocenters. The number of carbonyl (C=O) groups is 2. The first kappa shape index (κ1) is 18.5. The fraction of sp³-hybridized carbons (Fsp3) is 0.526. The lowest BCUT2D eigenvalue weighted by Crippen LogP contribution is -2.48. The molecule has 26 heavy (non-hydrogen) atoms. The number of hydrogen-bond donors (Lipinski definition) is 2. The number of nitrogens with zero attached hydrogens (tertiary/aromatic N) is 3. The Labute approximate surface area is 152 Å². The number of hydrazone groups is 1. The van der Waals surface area contributed by atoms with Crippen molar-refractivity contribution in [3.63, 3.8) is 0 Å². The predicted molar refractivity (Wildman–Crippen MR) is 98.0 cm³/mol. The standard InChI is InChI=1S/C19H25N3O4/c1-4-19(26)13(2)20-22(17(19)24)15-8-5-7-14(11-15)16(23)21-10-6-9-18(3,25)12-21/h5,7-8,11,25-26H,4,6,9-10,12H2,1-3H3/t18-,19-/m1/s1. The molecule has 7 nitrogen and oxygen atoms in total. The van der Waals surface area contributed by atoms with Crippen molar-refractivity contribution >= 4 is 23.2 Å². The zero-order valence-electron chi connectivity index (χ0n) is 15.4. The van der Waals surface area contributed by atoms with Crippen LogP contribution >= 0.6 is 0 Å². The second-order valence-corrected chi connectivity index (χ2v) is 7.39. The number of hydrogen-bond acceptors (Lipinski definition) is 5. The highest BCUT2D eigenvalue weighted by Gasteiger charge is 2.46. The van der Waals surface area contributed by atoms with Gasteiger partial charge >= 0.3 is 0 Å². The summed E-state index contributed by atoms with van der Waals surface area (Å²) >= 11 is 0. The first-order valence-corrected chi connectivity index (χ1v) is 8.92. The maximum absolute atomic E-state index is 12.8. The Bertz CT molecular complexity index is 774. The summed E-state index contributed by atoms with van der Waals surface area (Å²) in [6.07, 6.45) is 1.65. The maximum atomic E-state index is 12.8. The van der Waals surface area contributed by atoms with Gasteiger partial charge in [0.05, 0.1) is 17.0 Å². The maximum Gasteiger partial charge on any atom is 0.285 e. The number of carbonyl (C=O) groups excluding carboxylic acids is 2. The third kappa shape index (κ3) is 3.12. The molecule has 3 rings (SSSR count). The van der Waals surface area contributed by atoms with Crippen molar-refractivity contribution in [2.45, 2.75) is 51.2 Å². The number of likely N-dealkylation sites (tertiary alicyclic amines) is 1. The monoisotopic (exact) mass is 359 g/mol. The molecule has 0 aromatic heterocycles. The van der Waals surface area contributed by atoms with Crippen LogP contribution in [0.4, 0.5) is 5.69 Å². The quantitative estimate of drug-likeness (QED) is 0.856.